The van der Waals surface area contributed by atoms with Gasteiger partial charge in [0.1, 0.15) is 11.9 Å². The molecule has 0 aliphatic heterocycles. The SMILES string of the molecule is CCNc1ncc(Br)cc1C#N. The molecule has 0 spiro atoms. The van der Waals surface area contributed by atoms with Crippen LogP contribution in [0.15, 0.2) is 16.7 Å². The molecule has 1 N–H and O–H groups in total. The van der Waals surface area contributed by atoms with E-state index in [2.05, 4.69) is 32.3 Å². The van der Waals surface area contributed by atoms with E-state index >= 15 is 0 Å². The van der Waals surface area contributed by atoms with Crippen molar-refractivity contribution in [1.82, 2.24) is 4.98 Å². The van der Waals surface area contributed by atoms with Gasteiger partial charge >= 0.3 is 0 Å². The molecular weight excluding hydrogens is 218 g/mol. The van der Waals surface area contributed by atoms with Crippen LogP contribution in [-0.4, -0.2) is 11.5 Å². The number of rotatable bonds is 2. The summed E-state index contributed by atoms with van der Waals surface area (Å²) in [6, 6.07) is 3.81. The van der Waals surface area contributed by atoms with Crippen LogP contribution in [0, 0.1) is 11.3 Å². The van der Waals surface area contributed by atoms with Gasteiger partial charge in [-0.2, -0.15) is 5.26 Å². The average Bonchev–Trinajstić information content (AvgIpc) is 2.08. The van der Waals surface area contributed by atoms with Gasteiger partial charge in [0.25, 0.3) is 0 Å². The summed E-state index contributed by atoms with van der Waals surface area (Å²) in [5.41, 5.74) is 0.561. The van der Waals surface area contributed by atoms with Crippen LogP contribution in [-0.2, 0) is 0 Å². The van der Waals surface area contributed by atoms with Crippen LogP contribution >= 0.6 is 15.9 Å². The molecule has 0 amide bonds. The maximum absolute atomic E-state index is 8.72. The van der Waals surface area contributed by atoms with Crippen LogP contribution in [0.4, 0.5) is 5.82 Å². The van der Waals surface area contributed by atoms with E-state index in [1.807, 2.05) is 6.92 Å². The van der Waals surface area contributed by atoms with Crippen molar-refractivity contribution < 1.29 is 0 Å². The van der Waals surface area contributed by atoms with Crippen molar-refractivity contribution in [3.05, 3.63) is 22.3 Å². The lowest BCUT2D eigenvalue weighted by atomic mass is 10.3. The molecule has 0 aliphatic carbocycles. The number of hydrogen-bond donors (Lipinski definition) is 1. The number of aromatic nitrogens is 1. The van der Waals surface area contributed by atoms with E-state index in [4.69, 9.17) is 5.26 Å². The van der Waals surface area contributed by atoms with Gasteiger partial charge in [-0.3, -0.25) is 0 Å². The third-order valence-electron chi connectivity index (χ3n) is 1.32. The van der Waals surface area contributed by atoms with Gasteiger partial charge in [-0.1, -0.05) is 0 Å². The number of halogens is 1. The van der Waals surface area contributed by atoms with Gasteiger partial charge in [-0.15, -0.1) is 0 Å². The topological polar surface area (TPSA) is 48.7 Å². The highest BCUT2D eigenvalue weighted by molar-refractivity contribution is 9.10. The second kappa shape index (κ2) is 4.07. The molecule has 0 atom stereocenters. The number of hydrogen-bond acceptors (Lipinski definition) is 3. The lowest BCUT2D eigenvalue weighted by Crippen LogP contribution is -2.01. The summed E-state index contributed by atoms with van der Waals surface area (Å²) in [4.78, 5) is 4.06. The molecule has 0 radical (unpaired) electrons. The van der Waals surface area contributed by atoms with E-state index in [-0.39, 0.29) is 0 Å². The number of nitrogens with zero attached hydrogens (tertiary/aromatic N) is 2. The van der Waals surface area contributed by atoms with Crippen molar-refractivity contribution in [3.63, 3.8) is 0 Å². The Morgan fingerprint density at radius 1 is 1.75 bits per heavy atom. The van der Waals surface area contributed by atoms with Gasteiger partial charge < -0.3 is 5.32 Å². The minimum absolute atomic E-state index is 0.561. The second-order valence-electron chi connectivity index (χ2n) is 2.19. The third-order valence-corrected chi connectivity index (χ3v) is 1.75. The highest BCUT2D eigenvalue weighted by atomic mass is 79.9. The molecule has 62 valence electrons. The molecule has 0 aromatic carbocycles. The van der Waals surface area contributed by atoms with Crippen molar-refractivity contribution in [3.8, 4) is 6.07 Å². The first-order chi connectivity index (χ1) is 5.77. The normalized spacial score (nSPS) is 9.08. The Balaban J connectivity index is 3.05. The van der Waals surface area contributed by atoms with Crippen molar-refractivity contribution in [2.75, 3.05) is 11.9 Å². The molecule has 1 rings (SSSR count). The summed E-state index contributed by atoms with van der Waals surface area (Å²) >= 11 is 3.25. The van der Waals surface area contributed by atoms with Crippen molar-refractivity contribution in [2.45, 2.75) is 6.92 Å². The number of nitrogens with one attached hydrogen (secondary N) is 1. The van der Waals surface area contributed by atoms with E-state index in [9.17, 15) is 0 Å². The molecule has 1 aromatic heterocycles. The van der Waals surface area contributed by atoms with E-state index < -0.39 is 0 Å². The summed E-state index contributed by atoms with van der Waals surface area (Å²) in [6.07, 6.45) is 1.67. The van der Waals surface area contributed by atoms with E-state index in [0.717, 1.165) is 11.0 Å². The van der Waals surface area contributed by atoms with Crippen LogP contribution < -0.4 is 5.32 Å². The molecule has 0 aliphatic rings. The number of pyridine rings is 1. The highest BCUT2D eigenvalue weighted by Gasteiger charge is 2.01. The van der Waals surface area contributed by atoms with Crippen molar-refractivity contribution >= 4 is 21.7 Å². The van der Waals surface area contributed by atoms with Crippen molar-refractivity contribution in [2.24, 2.45) is 0 Å². The quantitative estimate of drug-likeness (QED) is 0.840. The van der Waals surface area contributed by atoms with Crippen LogP contribution in [0.2, 0.25) is 0 Å². The Labute approximate surface area is 79.6 Å². The molecule has 0 unspecified atom stereocenters. The first-order valence-electron chi connectivity index (χ1n) is 3.57. The van der Waals surface area contributed by atoms with Crippen LogP contribution in [0.3, 0.4) is 0 Å². The lowest BCUT2D eigenvalue weighted by Gasteiger charge is -2.03. The molecule has 12 heavy (non-hydrogen) atoms. The zero-order valence-electron chi connectivity index (χ0n) is 6.63. The molecule has 1 aromatic rings. The van der Waals surface area contributed by atoms with E-state index in [1.54, 1.807) is 12.3 Å². The molecular formula is C8H8BrN3. The Morgan fingerprint density at radius 2 is 2.50 bits per heavy atom. The Morgan fingerprint density at radius 3 is 3.08 bits per heavy atom. The Hall–Kier alpha value is -1.08. The van der Waals surface area contributed by atoms with E-state index in [0.29, 0.717) is 11.4 Å². The molecule has 4 heteroatoms. The van der Waals surface area contributed by atoms with Crippen LogP contribution in [0.5, 0.6) is 0 Å². The van der Waals surface area contributed by atoms with Crippen molar-refractivity contribution in [1.29, 1.82) is 5.26 Å². The first-order valence-corrected chi connectivity index (χ1v) is 4.36. The highest BCUT2D eigenvalue weighted by Crippen LogP contribution is 2.16. The number of nitriles is 1. The monoisotopic (exact) mass is 225 g/mol. The van der Waals surface area contributed by atoms with Gasteiger partial charge in [0.05, 0.1) is 5.56 Å². The smallest absolute Gasteiger partial charge is 0.143 e. The van der Waals surface area contributed by atoms with Gasteiger partial charge in [0.15, 0.2) is 0 Å². The lowest BCUT2D eigenvalue weighted by molar-refractivity contribution is 1.15. The third kappa shape index (κ3) is 1.95. The predicted octanol–water partition coefficient (Wildman–Crippen LogP) is 2.15. The summed E-state index contributed by atoms with van der Waals surface area (Å²) in [6.45, 7) is 2.73. The molecule has 0 saturated carbocycles. The number of anilines is 1. The first kappa shape index (κ1) is 9.01. The molecule has 1 heterocycles. The zero-order valence-corrected chi connectivity index (χ0v) is 8.22. The fourth-order valence-corrected chi connectivity index (χ4v) is 1.16. The second-order valence-corrected chi connectivity index (χ2v) is 3.11. The predicted molar refractivity (Wildman–Crippen MR) is 50.8 cm³/mol. The molecule has 0 fully saturated rings. The van der Waals surface area contributed by atoms with Crippen LogP contribution in [0.1, 0.15) is 12.5 Å². The summed E-state index contributed by atoms with van der Waals surface area (Å²) in [5.74, 6) is 0.642. The molecule has 0 bridgehead atoms. The summed E-state index contributed by atoms with van der Waals surface area (Å²) in [7, 11) is 0. The fourth-order valence-electron chi connectivity index (χ4n) is 0.833. The van der Waals surface area contributed by atoms with Gasteiger partial charge in [-0.25, -0.2) is 4.98 Å². The van der Waals surface area contributed by atoms with E-state index in [1.165, 1.54) is 0 Å². The molecule has 0 saturated heterocycles. The van der Waals surface area contributed by atoms with Gasteiger partial charge in [0.2, 0.25) is 0 Å². The standard InChI is InChI=1S/C8H8BrN3/c1-2-11-8-6(4-10)3-7(9)5-12-8/h3,5H,2H2,1H3,(H,11,12). The fraction of sp³-hybridized carbons (Fsp3) is 0.250. The average molecular weight is 226 g/mol. The zero-order chi connectivity index (χ0) is 8.97. The maximum Gasteiger partial charge on any atom is 0.143 e. The summed E-state index contributed by atoms with van der Waals surface area (Å²) < 4.78 is 0.820. The molecule has 3 nitrogen and oxygen atoms in total. The summed E-state index contributed by atoms with van der Waals surface area (Å²) in [5, 5.41) is 11.7. The largest absolute Gasteiger partial charge is 0.369 e. The van der Waals surface area contributed by atoms with Gasteiger partial charge in [-0.05, 0) is 28.9 Å². The van der Waals surface area contributed by atoms with Gasteiger partial charge in [0, 0.05) is 17.2 Å². The minimum atomic E-state index is 0.561. The minimum Gasteiger partial charge on any atom is -0.369 e. The van der Waals surface area contributed by atoms with Crippen LogP contribution in [0.25, 0.3) is 0 Å². The Kier molecular flexibility index (Phi) is 3.06. The maximum atomic E-state index is 8.72. The Bertz CT molecular complexity index is 317.